The van der Waals surface area contributed by atoms with Crippen LogP contribution >= 0.6 is 0 Å². The Labute approximate surface area is 168 Å². The standard InChI is InChI=1S/C11F22O/c12-1(3(14,15)16)2(13)34-11(32,33)9(27,28)7(23,24)5(19,20)4(17,18)6(21,22)8(25,26)10(29,30)31. The SMILES string of the molecule is FC(OC(F)(F)C(F)(F)C(F)(F)C(F)(F)C(F)(F)C(F)(F)C(F)(F)C(F)(F)F)=C(F)C(F)(F)F. The van der Waals surface area contributed by atoms with Gasteiger partial charge in [0.05, 0.1) is 0 Å². The van der Waals surface area contributed by atoms with Crippen molar-refractivity contribution in [1.82, 2.24) is 0 Å². The summed E-state index contributed by atoms with van der Waals surface area (Å²) in [5, 5.41) is 0. The van der Waals surface area contributed by atoms with Crippen LogP contribution in [0.4, 0.5) is 96.6 Å². The molecule has 0 aromatic carbocycles. The second-order valence-corrected chi connectivity index (χ2v) is 5.65. The third-order valence-corrected chi connectivity index (χ3v) is 3.33. The summed E-state index contributed by atoms with van der Waals surface area (Å²) in [5.74, 6) is -57.5. The van der Waals surface area contributed by atoms with Gasteiger partial charge in [0.2, 0.25) is 0 Å². The molecule has 0 rings (SSSR count). The third-order valence-electron chi connectivity index (χ3n) is 3.33. The highest BCUT2D eigenvalue weighted by Gasteiger charge is 2.95. The highest BCUT2D eigenvalue weighted by Crippen LogP contribution is 2.64. The van der Waals surface area contributed by atoms with Crippen LogP contribution in [0.15, 0.2) is 11.8 Å². The Kier molecular flexibility index (Phi) is 7.54. The number of allylic oxidation sites excluding steroid dienone is 1. The average molecular weight is 566 g/mol. The third kappa shape index (κ3) is 4.37. The van der Waals surface area contributed by atoms with Gasteiger partial charge in [-0.05, 0) is 0 Å². The molecule has 0 atom stereocenters. The van der Waals surface area contributed by atoms with E-state index in [9.17, 15) is 96.6 Å². The van der Waals surface area contributed by atoms with Crippen LogP contribution in [0.25, 0.3) is 0 Å². The maximum atomic E-state index is 13.2. The zero-order valence-corrected chi connectivity index (χ0v) is 14.2. The highest BCUT2D eigenvalue weighted by atomic mass is 19.4. The zero-order chi connectivity index (χ0) is 28.4. The van der Waals surface area contributed by atoms with Crippen LogP contribution in [0.3, 0.4) is 0 Å². The van der Waals surface area contributed by atoms with Crippen molar-refractivity contribution in [3.63, 3.8) is 0 Å². The largest absolute Gasteiger partial charge is 0.472 e. The van der Waals surface area contributed by atoms with Gasteiger partial charge in [-0.1, -0.05) is 0 Å². The fourth-order valence-corrected chi connectivity index (χ4v) is 1.48. The maximum absolute atomic E-state index is 13.2. The van der Waals surface area contributed by atoms with E-state index < -0.39 is 65.8 Å². The van der Waals surface area contributed by atoms with Gasteiger partial charge >= 0.3 is 60.0 Å². The lowest BCUT2D eigenvalue weighted by Crippen LogP contribution is -2.74. The van der Waals surface area contributed by atoms with Crippen molar-refractivity contribution < 1.29 is 101 Å². The molecule has 0 heterocycles. The molecular formula is C11F22O. The van der Waals surface area contributed by atoms with E-state index in [1.165, 1.54) is 4.74 Å². The van der Waals surface area contributed by atoms with Crippen LogP contribution in [-0.4, -0.2) is 54.0 Å². The van der Waals surface area contributed by atoms with Crippen molar-refractivity contribution in [1.29, 1.82) is 0 Å². The summed E-state index contributed by atoms with van der Waals surface area (Å²) in [6, 6.07) is -4.64. The predicted molar refractivity (Wildman–Crippen MR) is 57.1 cm³/mol. The molecule has 204 valence electrons. The highest BCUT2D eigenvalue weighted by molar-refractivity contribution is 5.14. The fourth-order valence-electron chi connectivity index (χ4n) is 1.48. The molecule has 1 nitrogen and oxygen atoms in total. The Hall–Kier alpha value is -2.00. The molecule has 34 heavy (non-hydrogen) atoms. The van der Waals surface area contributed by atoms with E-state index in [0.29, 0.717) is 0 Å². The minimum atomic E-state index is -9.06. The second-order valence-electron chi connectivity index (χ2n) is 5.65. The summed E-state index contributed by atoms with van der Waals surface area (Å²) in [6.07, 6.45) is -22.8. The summed E-state index contributed by atoms with van der Waals surface area (Å²) < 4.78 is 279. The lowest BCUT2D eigenvalue weighted by Gasteiger charge is -2.42. The number of hydrogen-bond acceptors (Lipinski definition) is 1. The van der Waals surface area contributed by atoms with Crippen LogP contribution in [0, 0.1) is 0 Å². The normalized spacial score (nSPS) is 17.0. The van der Waals surface area contributed by atoms with Gasteiger partial charge in [-0.25, -0.2) is 0 Å². The molecule has 0 saturated carbocycles. The average Bonchev–Trinajstić information content (AvgIpc) is 2.57. The Morgan fingerprint density at radius 3 is 0.912 bits per heavy atom. The molecule has 0 N–H and O–H groups in total. The maximum Gasteiger partial charge on any atom is 0.472 e. The fraction of sp³-hybridized carbons (Fsp3) is 0.818. The molecule has 0 fully saturated rings. The van der Waals surface area contributed by atoms with Crippen LogP contribution in [0.2, 0.25) is 0 Å². The van der Waals surface area contributed by atoms with E-state index in [1.54, 1.807) is 0 Å². The summed E-state index contributed by atoms with van der Waals surface area (Å²) in [4.78, 5) is 0. The van der Waals surface area contributed by atoms with Gasteiger partial charge in [-0.2, -0.15) is 96.6 Å². The Balaban J connectivity index is 6.78. The van der Waals surface area contributed by atoms with Gasteiger partial charge < -0.3 is 4.74 Å². The minimum absolute atomic E-state index is 1.45. The van der Waals surface area contributed by atoms with Crippen LogP contribution < -0.4 is 0 Å². The number of rotatable bonds is 8. The molecule has 0 aliphatic carbocycles. The molecule has 0 amide bonds. The topological polar surface area (TPSA) is 9.23 Å². The number of alkyl halides is 20. The van der Waals surface area contributed by atoms with Crippen molar-refractivity contribution in [2.24, 2.45) is 0 Å². The predicted octanol–water partition coefficient (Wildman–Crippen LogP) is 7.64. The molecule has 0 unspecified atom stereocenters. The molecule has 23 heteroatoms. The van der Waals surface area contributed by atoms with E-state index in [1.807, 2.05) is 0 Å². The molecule has 0 aromatic rings. The number of halogens is 22. The molecular weight excluding hydrogens is 566 g/mol. The zero-order valence-electron chi connectivity index (χ0n) is 14.2. The molecule has 0 bridgehead atoms. The monoisotopic (exact) mass is 566 g/mol. The smallest absolute Gasteiger partial charge is 0.399 e. The van der Waals surface area contributed by atoms with Gasteiger partial charge in [0.1, 0.15) is 0 Å². The molecule has 0 aliphatic rings. The van der Waals surface area contributed by atoms with Crippen LogP contribution in [-0.2, 0) is 4.74 Å². The Morgan fingerprint density at radius 2 is 0.647 bits per heavy atom. The summed E-state index contributed by atoms with van der Waals surface area (Å²) in [5.41, 5.74) is 0. The van der Waals surface area contributed by atoms with Gasteiger partial charge in [-0.15, -0.1) is 0 Å². The van der Waals surface area contributed by atoms with E-state index in [2.05, 4.69) is 0 Å². The first-order chi connectivity index (χ1) is 14.3. The van der Waals surface area contributed by atoms with Gasteiger partial charge in [0.15, 0.2) is 0 Å². The lowest BCUT2D eigenvalue weighted by molar-refractivity contribution is -0.476. The minimum Gasteiger partial charge on any atom is -0.399 e. The van der Waals surface area contributed by atoms with Gasteiger partial charge in [-0.3, -0.25) is 0 Å². The molecule has 0 spiro atoms. The van der Waals surface area contributed by atoms with Crippen LogP contribution in [0.5, 0.6) is 0 Å². The summed E-state index contributed by atoms with van der Waals surface area (Å²) >= 11 is 0. The van der Waals surface area contributed by atoms with Crippen molar-refractivity contribution in [3.05, 3.63) is 11.8 Å². The van der Waals surface area contributed by atoms with Crippen molar-refractivity contribution in [3.8, 4) is 0 Å². The lowest BCUT2D eigenvalue weighted by atomic mass is 9.90. The van der Waals surface area contributed by atoms with Gasteiger partial charge in [0, 0.05) is 0 Å². The van der Waals surface area contributed by atoms with E-state index in [-0.39, 0.29) is 0 Å². The van der Waals surface area contributed by atoms with Crippen molar-refractivity contribution >= 4 is 0 Å². The number of hydrogen-bond donors (Lipinski definition) is 0. The first-order valence-corrected chi connectivity index (χ1v) is 6.82. The molecule has 0 radical (unpaired) electrons. The van der Waals surface area contributed by atoms with E-state index in [0.717, 1.165) is 0 Å². The summed E-state index contributed by atoms with van der Waals surface area (Å²) in [7, 11) is 0. The molecule has 0 aromatic heterocycles. The second kappa shape index (κ2) is 8.01. The molecule has 0 saturated heterocycles. The van der Waals surface area contributed by atoms with Crippen molar-refractivity contribution in [2.75, 3.05) is 0 Å². The quantitative estimate of drug-likeness (QED) is 0.217. The first-order valence-electron chi connectivity index (χ1n) is 6.82. The number of ether oxygens (including phenoxy) is 1. The molecule has 0 aliphatic heterocycles. The van der Waals surface area contributed by atoms with Crippen LogP contribution in [0.1, 0.15) is 0 Å². The van der Waals surface area contributed by atoms with Gasteiger partial charge in [0.25, 0.3) is 5.83 Å². The summed E-state index contributed by atoms with van der Waals surface area (Å²) in [6.45, 7) is 0. The first kappa shape index (κ1) is 32.0. The van der Waals surface area contributed by atoms with E-state index in [4.69, 9.17) is 0 Å². The Bertz CT molecular complexity index is 780. The van der Waals surface area contributed by atoms with Crippen molar-refractivity contribution in [2.45, 2.75) is 54.0 Å². The van der Waals surface area contributed by atoms with E-state index >= 15 is 0 Å². The Morgan fingerprint density at radius 1 is 0.382 bits per heavy atom.